The van der Waals surface area contributed by atoms with E-state index in [2.05, 4.69) is 31.4 Å². The highest BCUT2D eigenvalue weighted by Crippen LogP contribution is 2.19. The van der Waals surface area contributed by atoms with Crippen LogP contribution in [0.5, 0.6) is 5.75 Å². The van der Waals surface area contributed by atoms with Gasteiger partial charge in [-0.15, -0.1) is 10.2 Å². The molecule has 6 nitrogen and oxygen atoms in total. The third kappa shape index (κ3) is 5.89. The van der Waals surface area contributed by atoms with Crippen LogP contribution in [0.25, 0.3) is 0 Å². The normalized spacial score (nSPS) is 10.5. The van der Waals surface area contributed by atoms with Gasteiger partial charge in [0.2, 0.25) is 5.91 Å². The number of nitrogens with one attached hydrogen (secondary N) is 1. The number of anilines is 1. The molecule has 134 valence electrons. The molecule has 0 radical (unpaired) electrons. The van der Waals surface area contributed by atoms with Crippen molar-refractivity contribution in [2.24, 2.45) is 0 Å². The first-order valence-corrected chi connectivity index (χ1v) is 9.65. The summed E-state index contributed by atoms with van der Waals surface area (Å²) >= 11 is 4.70. The first-order chi connectivity index (χ1) is 12.7. The summed E-state index contributed by atoms with van der Waals surface area (Å²) in [4.78, 5) is 11.9. The molecule has 0 saturated heterocycles. The summed E-state index contributed by atoms with van der Waals surface area (Å²) in [7, 11) is 0. The van der Waals surface area contributed by atoms with E-state index in [1.165, 1.54) is 11.8 Å². The van der Waals surface area contributed by atoms with Crippen LogP contribution in [0, 0.1) is 0 Å². The molecule has 2 aromatic carbocycles. The molecule has 0 unspecified atom stereocenters. The molecule has 0 spiro atoms. The molecule has 1 N–H and O–H groups in total. The Morgan fingerprint density at radius 3 is 2.65 bits per heavy atom. The number of nitrogens with zero attached hydrogens (tertiary/aromatic N) is 2. The molecule has 1 heterocycles. The quantitative estimate of drug-likeness (QED) is 0.525. The lowest BCUT2D eigenvalue weighted by molar-refractivity contribution is -0.115. The van der Waals surface area contributed by atoms with Gasteiger partial charge in [0.15, 0.2) is 6.61 Å². The number of amides is 1. The number of hydrogen-bond donors (Lipinski definition) is 1. The van der Waals surface area contributed by atoms with Crippen LogP contribution >= 0.6 is 27.7 Å². The number of para-hydroxylation sites is 1. The topological polar surface area (TPSA) is 77.2 Å². The Balaban J connectivity index is 1.39. The number of carbonyl (C=O) groups is 1. The maximum Gasteiger partial charge on any atom is 0.276 e. The van der Waals surface area contributed by atoms with Gasteiger partial charge < -0.3 is 14.5 Å². The van der Waals surface area contributed by atoms with Crippen molar-refractivity contribution in [2.45, 2.75) is 18.3 Å². The van der Waals surface area contributed by atoms with Crippen LogP contribution in [-0.2, 0) is 11.4 Å². The van der Waals surface area contributed by atoms with Crippen molar-refractivity contribution < 1.29 is 13.9 Å². The Bertz CT molecular complexity index is 840. The van der Waals surface area contributed by atoms with Gasteiger partial charge in [0.05, 0.1) is 0 Å². The fourth-order valence-corrected chi connectivity index (χ4v) is 2.98. The Kier molecular flexibility index (Phi) is 6.68. The monoisotopic (exact) mass is 433 g/mol. The average molecular weight is 434 g/mol. The molecule has 1 amide bonds. The van der Waals surface area contributed by atoms with E-state index < -0.39 is 0 Å². The molecule has 26 heavy (non-hydrogen) atoms. The van der Waals surface area contributed by atoms with Crippen LogP contribution in [0.4, 0.5) is 5.69 Å². The van der Waals surface area contributed by atoms with Crippen molar-refractivity contribution in [1.29, 1.82) is 0 Å². The van der Waals surface area contributed by atoms with Gasteiger partial charge in [-0.1, -0.05) is 45.9 Å². The molecular weight excluding hydrogens is 418 g/mol. The molecule has 3 rings (SSSR count). The Labute approximate surface area is 163 Å². The number of thioether (sulfide) groups is 1. The molecule has 0 fully saturated rings. The average Bonchev–Trinajstić information content (AvgIpc) is 3.11. The lowest BCUT2D eigenvalue weighted by Gasteiger charge is -2.04. The second-order valence-corrected chi connectivity index (χ2v) is 7.18. The Hall–Kier alpha value is -2.32. The van der Waals surface area contributed by atoms with Crippen molar-refractivity contribution in [3.05, 3.63) is 65.0 Å². The van der Waals surface area contributed by atoms with Gasteiger partial charge in [-0.3, -0.25) is 4.79 Å². The summed E-state index contributed by atoms with van der Waals surface area (Å²) in [5, 5.41) is 11.1. The predicted octanol–water partition coefficient (Wildman–Crippen LogP) is 4.53. The van der Waals surface area contributed by atoms with Crippen LogP contribution in [0.15, 0.2) is 68.7 Å². The van der Waals surface area contributed by atoms with Crippen LogP contribution in [0.2, 0.25) is 0 Å². The summed E-state index contributed by atoms with van der Waals surface area (Å²) in [5.74, 6) is 1.62. The molecule has 0 atom stereocenters. The van der Waals surface area contributed by atoms with Crippen LogP contribution < -0.4 is 10.1 Å². The van der Waals surface area contributed by atoms with Gasteiger partial charge in [-0.25, -0.2) is 0 Å². The van der Waals surface area contributed by atoms with Crippen LogP contribution in [0.3, 0.4) is 0 Å². The number of ether oxygens (including phenoxy) is 1. The second kappa shape index (κ2) is 9.40. The maximum atomic E-state index is 11.9. The third-order valence-corrected chi connectivity index (χ3v) is 4.59. The molecule has 0 aliphatic carbocycles. The fourth-order valence-electron chi connectivity index (χ4n) is 2.00. The maximum absolute atomic E-state index is 11.9. The van der Waals surface area contributed by atoms with E-state index in [1.807, 2.05) is 54.6 Å². The van der Waals surface area contributed by atoms with E-state index in [-0.39, 0.29) is 12.5 Å². The second-order valence-electron chi connectivity index (χ2n) is 5.22. The van der Waals surface area contributed by atoms with E-state index in [0.717, 1.165) is 15.9 Å². The van der Waals surface area contributed by atoms with Crippen LogP contribution in [0.1, 0.15) is 12.3 Å². The number of aromatic nitrogens is 2. The minimum atomic E-state index is -0.0630. The number of hydrogen-bond acceptors (Lipinski definition) is 6. The SMILES string of the molecule is O=C(CCSc1nnc(COc2ccccc2)o1)Nc1ccc(Br)cc1. The summed E-state index contributed by atoms with van der Waals surface area (Å²) in [6.45, 7) is 0.210. The van der Waals surface area contributed by atoms with Crippen molar-refractivity contribution >= 4 is 39.3 Å². The minimum absolute atomic E-state index is 0.0630. The smallest absolute Gasteiger partial charge is 0.276 e. The summed E-state index contributed by atoms with van der Waals surface area (Å²) in [5.41, 5.74) is 0.765. The highest BCUT2D eigenvalue weighted by molar-refractivity contribution is 9.10. The lowest BCUT2D eigenvalue weighted by Crippen LogP contribution is -2.11. The Morgan fingerprint density at radius 2 is 1.88 bits per heavy atom. The standard InChI is InChI=1S/C18H16BrN3O3S/c19-13-6-8-14(9-7-13)20-16(23)10-11-26-18-22-21-17(25-18)12-24-15-4-2-1-3-5-15/h1-9H,10-12H2,(H,20,23). The van der Waals surface area contributed by atoms with Crippen LogP contribution in [-0.4, -0.2) is 21.9 Å². The van der Waals surface area contributed by atoms with Gasteiger partial charge in [-0.2, -0.15) is 0 Å². The molecule has 8 heteroatoms. The van der Waals surface area contributed by atoms with E-state index in [1.54, 1.807) is 0 Å². The van der Waals surface area contributed by atoms with Gasteiger partial charge in [0.25, 0.3) is 11.1 Å². The number of benzene rings is 2. The van der Waals surface area contributed by atoms with E-state index in [0.29, 0.717) is 23.3 Å². The largest absolute Gasteiger partial charge is 0.484 e. The number of rotatable bonds is 8. The lowest BCUT2D eigenvalue weighted by atomic mass is 10.3. The van der Waals surface area contributed by atoms with E-state index >= 15 is 0 Å². The summed E-state index contributed by atoms with van der Waals surface area (Å²) in [6, 6.07) is 16.9. The summed E-state index contributed by atoms with van der Waals surface area (Å²) < 4.78 is 12.0. The number of carbonyl (C=O) groups excluding carboxylic acids is 1. The molecule has 0 saturated carbocycles. The number of halogens is 1. The molecule has 3 aromatic rings. The molecule has 1 aromatic heterocycles. The van der Waals surface area contributed by atoms with E-state index in [9.17, 15) is 4.79 Å². The Morgan fingerprint density at radius 1 is 1.12 bits per heavy atom. The van der Waals surface area contributed by atoms with Crippen molar-refractivity contribution in [3.8, 4) is 5.75 Å². The first-order valence-electron chi connectivity index (χ1n) is 7.87. The molecule has 0 aliphatic heterocycles. The first kappa shape index (κ1) is 18.5. The zero-order valence-corrected chi connectivity index (χ0v) is 16.1. The molecule has 0 bridgehead atoms. The fraction of sp³-hybridized carbons (Fsp3) is 0.167. The van der Waals surface area contributed by atoms with E-state index in [4.69, 9.17) is 9.15 Å². The van der Waals surface area contributed by atoms with Gasteiger partial charge >= 0.3 is 0 Å². The minimum Gasteiger partial charge on any atom is -0.484 e. The molecule has 0 aliphatic rings. The highest BCUT2D eigenvalue weighted by atomic mass is 79.9. The summed E-state index contributed by atoms with van der Waals surface area (Å²) in [6.07, 6.45) is 0.346. The van der Waals surface area contributed by atoms with Gasteiger partial charge in [0, 0.05) is 22.3 Å². The van der Waals surface area contributed by atoms with Crippen molar-refractivity contribution in [1.82, 2.24) is 10.2 Å². The van der Waals surface area contributed by atoms with Crippen molar-refractivity contribution in [3.63, 3.8) is 0 Å². The van der Waals surface area contributed by atoms with Gasteiger partial charge in [0.1, 0.15) is 5.75 Å². The zero-order valence-electron chi connectivity index (χ0n) is 13.7. The van der Waals surface area contributed by atoms with Gasteiger partial charge in [-0.05, 0) is 36.4 Å². The predicted molar refractivity (Wildman–Crippen MR) is 103 cm³/mol. The van der Waals surface area contributed by atoms with Crippen molar-refractivity contribution in [2.75, 3.05) is 11.1 Å². The highest BCUT2D eigenvalue weighted by Gasteiger charge is 2.09. The third-order valence-electron chi connectivity index (χ3n) is 3.24. The molecular formula is C18H16BrN3O3S. The zero-order chi connectivity index (χ0) is 18.2.